The number of carbonyl (C=O) groups excluding carboxylic acids is 2. The Kier molecular flexibility index (Phi) is 6.83. The van der Waals surface area contributed by atoms with Crippen molar-refractivity contribution in [2.45, 2.75) is 39.3 Å². The number of aromatic nitrogens is 1. The van der Waals surface area contributed by atoms with Gasteiger partial charge in [0.25, 0.3) is 0 Å². The van der Waals surface area contributed by atoms with E-state index in [4.69, 9.17) is 9.47 Å². The van der Waals surface area contributed by atoms with Crippen molar-refractivity contribution < 1.29 is 19.1 Å². The van der Waals surface area contributed by atoms with Gasteiger partial charge in [0.05, 0.1) is 16.8 Å². The van der Waals surface area contributed by atoms with Crippen LogP contribution in [0.4, 0.5) is 0 Å². The lowest BCUT2D eigenvalue weighted by molar-refractivity contribution is 0.0521. The number of hydrogen-bond acceptors (Lipinski definition) is 4. The van der Waals surface area contributed by atoms with E-state index in [0.717, 1.165) is 6.04 Å². The minimum atomic E-state index is -1.14. The van der Waals surface area contributed by atoms with Crippen LogP contribution in [0.1, 0.15) is 27.8 Å². The standard InChI is InChI=1S/C14H22BrNO4Si/c1-5-20-14(18)13-11(15)8-16(12(13)9-17)10-19-6-7-21(2,3)4/h8-9H,5-7,10H2,1-4H3. The number of hydrogen-bond donors (Lipinski definition) is 0. The smallest absolute Gasteiger partial charge is 0.341 e. The number of aldehydes is 1. The molecule has 0 aliphatic carbocycles. The summed E-state index contributed by atoms with van der Waals surface area (Å²) in [7, 11) is -1.14. The van der Waals surface area contributed by atoms with Crippen LogP contribution in [0, 0.1) is 0 Å². The number of esters is 1. The minimum Gasteiger partial charge on any atom is -0.462 e. The third kappa shape index (κ3) is 5.41. The molecule has 0 saturated carbocycles. The molecule has 118 valence electrons. The number of carbonyl (C=O) groups is 2. The molecule has 7 heteroatoms. The number of halogens is 1. The molecule has 0 N–H and O–H groups in total. The lowest BCUT2D eigenvalue weighted by Gasteiger charge is -2.15. The van der Waals surface area contributed by atoms with Crippen molar-refractivity contribution in [1.82, 2.24) is 4.57 Å². The molecule has 5 nitrogen and oxygen atoms in total. The van der Waals surface area contributed by atoms with Gasteiger partial charge >= 0.3 is 5.97 Å². The molecule has 21 heavy (non-hydrogen) atoms. The highest BCUT2D eigenvalue weighted by Gasteiger charge is 2.21. The van der Waals surface area contributed by atoms with E-state index in [-0.39, 0.29) is 24.6 Å². The maximum absolute atomic E-state index is 11.9. The number of ether oxygens (including phenoxy) is 2. The Labute approximate surface area is 134 Å². The molecule has 0 radical (unpaired) electrons. The van der Waals surface area contributed by atoms with E-state index in [1.54, 1.807) is 17.7 Å². The van der Waals surface area contributed by atoms with Crippen molar-refractivity contribution in [3.8, 4) is 0 Å². The molecule has 0 aliphatic rings. The maximum atomic E-state index is 11.9. The molecular weight excluding hydrogens is 354 g/mol. The van der Waals surface area contributed by atoms with Crippen molar-refractivity contribution in [3.05, 3.63) is 21.9 Å². The monoisotopic (exact) mass is 375 g/mol. The van der Waals surface area contributed by atoms with Gasteiger partial charge < -0.3 is 14.0 Å². The van der Waals surface area contributed by atoms with E-state index in [0.29, 0.717) is 17.4 Å². The lowest BCUT2D eigenvalue weighted by Crippen LogP contribution is -2.22. The largest absolute Gasteiger partial charge is 0.462 e. The molecule has 1 rings (SSSR count). The van der Waals surface area contributed by atoms with Crippen molar-refractivity contribution in [2.24, 2.45) is 0 Å². The average Bonchev–Trinajstić information content (AvgIpc) is 2.69. The van der Waals surface area contributed by atoms with Gasteiger partial charge in [-0.1, -0.05) is 19.6 Å². The quantitative estimate of drug-likeness (QED) is 0.301. The minimum absolute atomic E-state index is 0.247. The Morgan fingerprint density at radius 3 is 2.62 bits per heavy atom. The van der Waals surface area contributed by atoms with Crippen molar-refractivity contribution in [2.75, 3.05) is 13.2 Å². The zero-order valence-electron chi connectivity index (χ0n) is 12.9. The van der Waals surface area contributed by atoms with E-state index in [1.165, 1.54) is 0 Å². The van der Waals surface area contributed by atoms with Gasteiger partial charge in [-0.3, -0.25) is 4.79 Å². The van der Waals surface area contributed by atoms with Gasteiger partial charge in [0, 0.05) is 20.9 Å². The van der Waals surface area contributed by atoms with Crippen LogP contribution in [-0.4, -0.2) is 38.1 Å². The first kappa shape index (κ1) is 18.1. The molecule has 0 unspecified atom stereocenters. The third-order valence-corrected chi connectivity index (χ3v) is 5.20. The van der Waals surface area contributed by atoms with Crippen LogP contribution >= 0.6 is 15.9 Å². The van der Waals surface area contributed by atoms with Crippen LogP contribution in [0.2, 0.25) is 25.7 Å². The molecule has 0 saturated heterocycles. The van der Waals surface area contributed by atoms with Gasteiger partial charge in [0.2, 0.25) is 0 Å². The van der Waals surface area contributed by atoms with Gasteiger partial charge in [-0.15, -0.1) is 0 Å². The second kappa shape index (κ2) is 7.91. The van der Waals surface area contributed by atoms with Gasteiger partial charge in [-0.05, 0) is 28.9 Å². The molecule has 0 spiro atoms. The van der Waals surface area contributed by atoms with Crippen LogP contribution in [0.3, 0.4) is 0 Å². The Morgan fingerprint density at radius 1 is 1.43 bits per heavy atom. The average molecular weight is 376 g/mol. The van der Waals surface area contributed by atoms with Crippen molar-refractivity contribution in [3.63, 3.8) is 0 Å². The normalized spacial score (nSPS) is 11.5. The van der Waals surface area contributed by atoms with Crippen LogP contribution in [0.25, 0.3) is 0 Å². The Hall–Kier alpha value is -0.923. The van der Waals surface area contributed by atoms with Crippen molar-refractivity contribution in [1.29, 1.82) is 0 Å². The first-order valence-electron chi connectivity index (χ1n) is 6.89. The lowest BCUT2D eigenvalue weighted by atomic mass is 10.2. The highest BCUT2D eigenvalue weighted by atomic mass is 79.9. The summed E-state index contributed by atoms with van der Waals surface area (Å²) >= 11 is 3.29. The predicted molar refractivity (Wildman–Crippen MR) is 87.6 cm³/mol. The Bertz CT molecular complexity index is 508. The Morgan fingerprint density at radius 2 is 2.10 bits per heavy atom. The van der Waals surface area contributed by atoms with E-state index < -0.39 is 14.0 Å². The SMILES string of the molecule is CCOC(=O)c1c(Br)cn(COCC[Si](C)(C)C)c1C=O. The van der Waals surface area contributed by atoms with Gasteiger partial charge in [0.1, 0.15) is 12.3 Å². The summed E-state index contributed by atoms with van der Waals surface area (Å²) in [4.78, 5) is 23.1. The van der Waals surface area contributed by atoms with Gasteiger partial charge in [-0.2, -0.15) is 0 Å². The first-order valence-corrected chi connectivity index (χ1v) is 11.4. The fourth-order valence-electron chi connectivity index (χ4n) is 1.72. The molecule has 1 heterocycles. The molecule has 0 bridgehead atoms. The topological polar surface area (TPSA) is 57.5 Å². The predicted octanol–water partition coefficient (Wildman–Crippen LogP) is 3.55. The first-order chi connectivity index (χ1) is 9.80. The summed E-state index contributed by atoms with van der Waals surface area (Å²) in [5.74, 6) is -0.507. The zero-order valence-corrected chi connectivity index (χ0v) is 15.5. The Balaban J connectivity index is 2.77. The molecule has 0 aromatic carbocycles. The molecular formula is C14H22BrNO4Si. The fraction of sp³-hybridized carbons (Fsp3) is 0.571. The van der Waals surface area contributed by atoms with Crippen LogP contribution in [0.5, 0.6) is 0 Å². The highest BCUT2D eigenvalue weighted by molar-refractivity contribution is 9.10. The molecule has 0 fully saturated rings. The van der Waals surface area contributed by atoms with Crippen LogP contribution < -0.4 is 0 Å². The molecule has 0 amide bonds. The summed E-state index contributed by atoms with van der Waals surface area (Å²) in [5.41, 5.74) is 0.522. The molecule has 1 aromatic heterocycles. The second-order valence-electron chi connectivity index (χ2n) is 5.89. The van der Waals surface area contributed by atoms with Crippen LogP contribution in [0.15, 0.2) is 10.7 Å². The fourth-order valence-corrected chi connectivity index (χ4v) is 3.09. The van der Waals surface area contributed by atoms with E-state index >= 15 is 0 Å². The van der Waals surface area contributed by atoms with E-state index in [1.807, 2.05) is 0 Å². The molecule has 0 atom stereocenters. The maximum Gasteiger partial charge on any atom is 0.341 e. The zero-order chi connectivity index (χ0) is 16.0. The van der Waals surface area contributed by atoms with Crippen molar-refractivity contribution >= 4 is 36.3 Å². The van der Waals surface area contributed by atoms with Gasteiger partial charge in [0.15, 0.2) is 6.29 Å². The summed E-state index contributed by atoms with van der Waals surface area (Å²) in [5, 5.41) is 0. The number of nitrogens with zero attached hydrogens (tertiary/aromatic N) is 1. The molecule has 0 aliphatic heterocycles. The third-order valence-electron chi connectivity index (χ3n) is 2.89. The highest BCUT2D eigenvalue weighted by Crippen LogP contribution is 2.23. The summed E-state index contributed by atoms with van der Waals surface area (Å²) in [6.07, 6.45) is 2.32. The number of rotatable bonds is 8. The second-order valence-corrected chi connectivity index (χ2v) is 12.4. The summed E-state index contributed by atoms with van der Waals surface area (Å²) in [6.45, 7) is 9.72. The summed E-state index contributed by atoms with van der Waals surface area (Å²) < 4.78 is 12.7. The molecule has 1 aromatic rings. The van der Waals surface area contributed by atoms with E-state index in [9.17, 15) is 9.59 Å². The van der Waals surface area contributed by atoms with Gasteiger partial charge in [-0.25, -0.2) is 4.79 Å². The van der Waals surface area contributed by atoms with Crippen LogP contribution in [-0.2, 0) is 16.2 Å². The van der Waals surface area contributed by atoms with E-state index in [2.05, 4.69) is 35.6 Å². The summed E-state index contributed by atoms with van der Waals surface area (Å²) in [6, 6.07) is 1.05.